The van der Waals surface area contributed by atoms with Gasteiger partial charge < -0.3 is 4.57 Å². The maximum atomic E-state index is 5.28. The smallest absolute Gasteiger partial charge is 0.0794 e. The Kier molecular flexibility index (Phi) is 6.22. The van der Waals surface area contributed by atoms with Crippen molar-refractivity contribution in [1.29, 1.82) is 0 Å². The van der Waals surface area contributed by atoms with Gasteiger partial charge in [-0.15, -0.1) is 0 Å². The molecule has 49 heavy (non-hydrogen) atoms. The molecule has 0 spiro atoms. The molecule has 228 valence electrons. The number of nitrogens with zero attached hydrogens (tertiary/aromatic N) is 2. The van der Waals surface area contributed by atoms with E-state index in [2.05, 4.69) is 187 Å². The molecule has 0 amide bonds. The van der Waals surface area contributed by atoms with E-state index in [0.717, 1.165) is 16.8 Å². The summed E-state index contributed by atoms with van der Waals surface area (Å²) in [4.78, 5) is 5.28. The predicted molar refractivity (Wildman–Crippen MR) is 207 cm³/mol. The number of rotatable bonds is 4. The molecular formula is C47H30N2. The molecule has 0 saturated heterocycles. The summed E-state index contributed by atoms with van der Waals surface area (Å²) in [5, 5.41) is 8.65. The zero-order valence-corrected chi connectivity index (χ0v) is 26.7. The van der Waals surface area contributed by atoms with Gasteiger partial charge in [0.15, 0.2) is 0 Å². The van der Waals surface area contributed by atoms with Gasteiger partial charge in [0.25, 0.3) is 0 Å². The highest BCUT2D eigenvalue weighted by Crippen LogP contribution is 2.37. The van der Waals surface area contributed by atoms with Crippen molar-refractivity contribution in [3.05, 3.63) is 182 Å². The van der Waals surface area contributed by atoms with Crippen LogP contribution in [-0.4, -0.2) is 9.55 Å². The van der Waals surface area contributed by atoms with E-state index in [0.29, 0.717) is 0 Å². The fourth-order valence-corrected chi connectivity index (χ4v) is 7.64. The molecule has 0 aliphatic carbocycles. The Hall–Kier alpha value is -6.51. The number of fused-ring (bicyclic) bond motifs is 9. The zero-order chi connectivity index (χ0) is 32.3. The minimum absolute atomic E-state index is 0.981. The summed E-state index contributed by atoms with van der Waals surface area (Å²) in [6, 6.07) is 65.5. The van der Waals surface area contributed by atoms with Gasteiger partial charge in [-0.25, -0.2) is 4.98 Å². The van der Waals surface area contributed by atoms with Crippen LogP contribution in [0.25, 0.3) is 93.5 Å². The molecular weight excluding hydrogens is 593 g/mol. The van der Waals surface area contributed by atoms with Crippen molar-refractivity contribution in [2.24, 2.45) is 0 Å². The molecule has 0 unspecified atom stereocenters. The van der Waals surface area contributed by atoms with Crippen molar-refractivity contribution in [2.45, 2.75) is 0 Å². The largest absolute Gasteiger partial charge is 0.309 e. The lowest BCUT2D eigenvalue weighted by atomic mass is 9.95. The van der Waals surface area contributed by atoms with Crippen molar-refractivity contribution in [1.82, 2.24) is 9.55 Å². The first-order valence-corrected chi connectivity index (χ1v) is 16.8. The van der Waals surface area contributed by atoms with Gasteiger partial charge in [0.2, 0.25) is 0 Å². The normalized spacial score (nSPS) is 11.7. The lowest BCUT2D eigenvalue weighted by molar-refractivity contribution is 1.18. The number of pyridine rings is 1. The van der Waals surface area contributed by atoms with Crippen LogP contribution in [0, 0.1) is 0 Å². The van der Waals surface area contributed by atoms with Crippen LogP contribution in [0.2, 0.25) is 0 Å². The van der Waals surface area contributed by atoms with E-state index in [9.17, 15) is 0 Å². The summed E-state index contributed by atoms with van der Waals surface area (Å²) in [6.07, 6.45) is 0. The van der Waals surface area contributed by atoms with Crippen LogP contribution in [0.5, 0.6) is 0 Å². The van der Waals surface area contributed by atoms with Crippen LogP contribution < -0.4 is 0 Å². The van der Waals surface area contributed by atoms with Gasteiger partial charge in [0.1, 0.15) is 0 Å². The standard InChI is InChI=1S/C47H30N2/c1-2-13-36(14-3-1)49-45-20-9-8-18-40(45)43-30-34(25-28-46(43)49)32-23-21-31(22-24-32)33-11-10-12-35(29-33)44-27-26-42-39-17-5-4-15-37(39)38-16-6-7-19-41(38)47(42)48-44/h1-30H. The molecule has 0 atom stereocenters. The molecule has 10 aromatic rings. The van der Waals surface area contributed by atoms with E-state index in [1.165, 1.54) is 76.7 Å². The molecule has 0 saturated carbocycles. The third-order valence-electron chi connectivity index (χ3n) is 9.98. The average Bonchev–Trinajstić information content (AvgIpc) is 3.52. The second kappa shape index (κ2) is 11.0. The maximum absolute atomic E-state index is 5.28. The molecule has 0 fully saturated rings. The fraction of sp³-hybridized carbons (Fsp3) is 0. The molecule has 2 aromatic heterocycles. The number of hydrogen-bond donors (Lipinski definition) is 0. The molecule has 0 N–H and O–H groups in total. The van der Waals surface area contributed by atoms with Crippen molar-refractivity contribution < 1.29 is 0 Å². The summed E-state index contributed by atoms with van der Waals surface area (Å²) in [7, 11) is 0. The zero-order valence-electron chi connectivity index (χ0n) is 26.7. The van der Waals surface area contributed by atoms with Crippen molar-refractivity contribution in [3.63, 3.8) is 0 Å². The first-order chi connectivity index (χ1) is 24.3. The van der Waals surface area contributed by atoms with Crippen LogP contribution in [0.3, 0.4) is 0 Å². The van der Waals surface area contributed by atoms with Crippen LogP contribution in [0.15, 0.2) is 182 Å². The SMILES string of the molecule is c1ccc(-n2c3ccccc3c3cc(-c4ccc(-c5cccc(-c6ccc7c8ccccc8c8ccccc8c7n6)c5)cc4)ccc32)cc1. The van der Waals surface area contributed by atoms with E-state index in [1.807, 2.05) is 0 Å². The Labute approximate surface area is 284 Å². The predicted octanol–water partition coefficient (Wildman–Crippen LogP) is 12.6. The highest BCUT2D eigenvalue weighted by molar-refractivity contribution is 6.24. The topological polar surface area (TPSA) is 17.8 Å². The minimum atomic E-state index is 0.981. The van der Waals surface area contributed by atoms with Gasteiger partial charge in [-0.1, -0.05) is 133 Å². The first kappa shape index (κ1) is 27.6. The monoisotopic (exact) mass is 622 g/mol. The van der Waals surface area contributed by atoms with Gasteiger partial charge in [-0.3, -0.25) is 0 Å². The number of benzene rings is 8. The van der Waals surface area contributed by atoms with Crippen LogP contribution >= 0.6 is 0 Å². The Bertz CT molecular complexity index is 2830. The van der Waals surface area contributed by atoms with Crippen LogP contribution in [0.1, 0.15) is 0 Å². The summed E-state index contributed by atoms with van der Waals surface area (Å²) < 4.78 is 2.36. The van der Waals surface area contributed by atoms with E-state index >= 15 is 0 Å². The quantitative estimate of drug-likeness (QED) is 0.179. The van der Waals surface area contributed by atoms with Gasteiger partial charge in [0, 0.05) is 32.8 Å². The Morgan fingerprint density at radius 2 is 0.837 bits per heavy atom. The summed E-state index contributed by atoms with van der Waals surface area (Å²) in [6.45, 7) is 0. The van der Waals surface area contributed by atoms with Gasteiger partial charge >= 0.3 is 0 Å². The van der Waals surface area contributed by atoms with E-state index in [-0.39, 0.29) is 0 Å². The van der Waals surface area contributed by atoms with Crippen molar-refractivity contribution in [3.8, 4) is 39.2 Å². The highest BCUT2D eigenvalue weighted by Gasteiger charge is 2.14. The van der Waals surface area contributed by atoms with E-state index in [4.69, 9.17) is 4.98 Å². The third-order valence-corrected chi connectivity index (χ3v) is 9.98. The van der Waals surface area contributed by atoms with Gasteiger partial charge in [-0.05, 0) is 86.9 Å². The van der Waals surface area contributed by atoms with Crippen molar-refractivity contribution in [2.75, 3.05) is 0 Å². The lowest BCUT2D eigenvalue weighted by Gasteiger charge is -2.12. The summed E-state index contributed by atoms with van der Waals surface area (Å²) >= 11 is 0. The second-order valence-electron chi connectivity index (χ2n) is 12.8. The van der Waals surface area contributed by atoms with E-state index in [1.54, 1.807) is 0 Å². The van der Waals surface area contributed by atoms with Crippen molar-refractivity contribution >= 4 is 54.3 Å². The van der Waals surface area contributed by atoms with Gasteiger partial charge in [0.05, 0.1) is 22.2 Å². The number of hydrogen-bond acceptors (Lipinski definition) is 1. The highest BCUT2D eigenvalue weighted by atomic mass is 15.0. The molecule has 2 heteroatoms. The summed E-state index contributed by atoms with van der Waals surface area (Å²) in [5.41, 5.74) is 11.5. The molecule has 0 radical (unpaired) electrons. The van der Waals surface area contributed by atoms with Gasteiger partial charge in [-0.2, -0.15) is 0 Å². The Morgan fingerprint density at radius 1 is 0.306 bits per heavy atom. The molecule has 0 aliphatic rings. The lowest BCUT2D eigenvalue weighted by Crippen LogP contribution is -1.92. The van der Waals surface area contributed by atoms with Crippen LogP contribution in [0.4, 0.5) is 0 Å². The Balaban J connectivity index is 1.02. The Morgan fingerprint density at radius 3 is 1.57 bits per heavy atom. The van der Waals surface area contributed by atoms with E-state index < -0.39 is 0 Å². The maximum Gasteiger partial charge on any atom is 0.0794 e. The third kappa shape index (κ3) is 4.46. The molecule has 2 nitrogen and oxygen atoms in total. The second-order valence-corrected chi connectivity index (χ2v) is 12.8. The molecule has 0 bridgehead atoms. The summed E-state index contributed by atoms with van der Waals surface area (Å²) in [5.74, 6) is 0. The minimum Gasteiger partial charge on any atom is -0.309 e. The fourth-order valence-electron chi connectivity index (χ4n) is 7.64. The first-order valence-electron chi connectivity index (χ1n) is 16.8. The number of aromatic nitrogens is 2. The van der Waals surface area contributed by atoms with Crippen LogP contribution in [-0.2, 0) is 0 Å². The molecule has 2 heterocycles. The molecule has 0 aliphatic heterocycles. The molecule has 8 aromatic carbocycles. The number of para-hydroxylation sites is 2. The molecule has 10 rings (SSSR count). The average molecular weight is 623 g/mol.